The van der Waals surface area contributed by atoms with Gasteiger partial charge in [0, 0.05) is 0 Å². The van der Waals surface area contributed by atoms with E-state index in [1.807, 2.05) is 30.3 Å². The Balaban J connectivity index is 1.54. The summed E-state index contributed by atoms with van der Waals surface area (Å²) in [5.41, 5.74) is 0.250. The fourth-order valence-corrected chi connectivity index (χ4v) is 7.71. The van der Waals surface area contributed by atoms with Gasteiger partial charge in [0.25, 0.3) is 0 Å². The second-order valence-corrected chi connectivity index (χ2v) is 11.0. The molecule has 0 aliphatic carbocycles. The molecule has 0 N–H and O–H groups in total. The predicted octanol–water partition coefficient (Wildman–Crippen LogP) is 3.45. The zero-order chi connectivity index (χ0) is 21.2. The first-order valence-corrected chi connectivity index (χ1v) is 12.5. The first-order chi connectivity index (χ1) is 14.4. The first-order valence-electron chi connectivity index (χ1n) is 9.34. The maximum atomic E-state index is 13.1. The van der Waals surface area contributed by atoms with Gasteiger partial charge in [-0.05, 0) is 48.0 Å². The molecule has 156 valence electrons. The van der Waals surface area contributed by atoms with E-state index in [2.05, 4.69) is 0 Å². The number of ether oxygens (including phenoxy) is 2. The van der Waals surface area contributed by atoms with Gasteiger partial charge in [-0.15, -0.1) is 0 Å². The van der Waals surface area contributed by atoms with Crippen molar-refractivity contribution in [3.63, 3.8) is 0 Å². The third kappa shape index (κ3) is 4.06. The Morgan fingerprint density at radius 2 is 1.40 bits per heavy atom. The first kappa shape index (κ1) is 20.4. The van der Waals surface area contributed by atoms with Gasteiger partial charge < -0.3 is 9.47 Å². The fourth-order valence-electron chi connectivity index (χ4n) is 3.40. The van der Waals surface area contributed by atoms with E-state index in [1.165, 1.54) is 30.3 Å². The van der Waals surface area contributed by atoms with E-state index in [1.54, 1.807) is 18.2 Å². The van der Waals surface area contributed by atoms with Crippen molar-refractivity contribution in [2.24, 2.45) is 0 Å². The molecule has 3 aromatic carbocycles. The summed E-state index contributed by atoms with van der Waals surface area (Å²) in [7, 11) is -7.54. The predicted molar refractivity (Wildman–Crippen MR) is 112 cm³/mol. The highest BCUT2D eigenvalue weighted by Crippen LogP contribution is 2.42. The third-order valence-corrected chi connectivity index (χ3v) is 8.97. The van der Waals surface area contributed by atoms with Crippen LogP contribution in [0.1, 0.15) is 10.8 Å². The highest BCUT2D eigenvalue weighted by atomic mass is 32.2. The third-order valence-electron chi connectivity index (χ3n) is 4.84. The summed E-state index contributed by atoms with van der Waals surface area (Å²) in [6, 6.07) is 21.6. The zero-order valence-electron chi connectivity index (χ0n) is 16.0. The van der Waals surface area contributed by atoms with E-state index in [-0.39, 0.29) is 22.0 Å². The lowest BCUT2D eigenvalue weighted by Crippen LogP contribution is -2.16. The van der Waals surface area contributed by atoms with E-state index in [0.29, 0.717) is 12.4 Å². The van der Waals surface area contributed by atoms with Crippen LogP contribution < -0.4 is 9.47 Å². The molecule has 0 aromatic heterocycles. The molecule has 0 radical (unpaired) electrons. The average Bonchev–Trinajstić information content (AvgIpc) is 3.04. The molecule has 8 heteroatoms. The molecule has 1 heterocycles. The van der Waals surface area contributed by atoms with Crippen LogP contribution in [0.4, 0.5) is 0 Å². The van der Waals surface area contributed by atoms with Gasteiger partial charge in [-0.2, -0.15) is 0 Å². The SMILES string of the molecule is O=S1(=O)CC(S(=O)(=O)c2ccccc2)c2cc(OCCOc3ccccc3)ccc21. The van der Waals surface area contributed by atoms with Crippen molar-refractivity contribution in [3.05, 3.63) is 84.4 Å². The molecule has 1 atom stereocenters. The molecular weight excluding hydrogens is 424 g/mol. The Labute approximate surface area is 175 Å². The van der Waals surface area contributed by atoms with Crippen LogP contribution in [-0.2, 0) is 19.7 Å². The molecule has 0 saturated heterocycles. The summed E-state index contributed by atoms with van der Waals surface area (Å²) < 4.78 is 62.5. The van der Waals surface area contributed by atoms with Crippen LogP contribution in [-0.4, -0.2) is 35.8 Å². The van der Waals surface area contributed by atoms with Crippen LogP contribution in [0.3, 0.4) is 0 Å². The molecule has 0 amide bonds. The Bertz CT molecular complexity index is 1240. The standard InChI is InChI=1S/C22H20O6S2/c23-29(24)16-22(30(25,26)19-9-5-2-6-10-19)20-15-18(11-12-21(20)29)28-14-13-27-17-7-3-1-4-8-17/h1-12,15,22H,13-14,16H2. The van der Waals surface area contributed by atoms with Gasteiger partial charge in [0.15, 0.2) is 19.7 Å². The van der Waals surface area contributed by atoms with Gasteiger partial charge in [-0.1, -0.05) is 36.4 Å². The van der Waals surface area contributed by atoms with Crippen molar-refractivity contribution in [3.8, 4) is 11.5 Å². The summed E-state index contributed by atoms with van der Waals surface area (Å²) in [6.07, 6.45) is 0. The summed E-state index contributed by atoms with van der Waals surface area (Å²) in [6.45, 7) is 0.529. The minimum absolute atomic E-state index is 0.0416. The van der Waals surface area contributed by atoms with E-state index in [9.17, 15) is 16.8 Å². The van der Waals surface area contributed by atoms with E-state index in [0.717, 1.165) is 5.75 Å². The molecule has 0 saturated carbocycles. The number of rotatable bonds is 7. The molecule has 1 aliphatic rings. The second kappa shape index (κ2) is 8.12. The molecule has 3 aromatic rings. The lowest BCUT2D eigenvalue weighted by atomic mass is 10.1. The van der Waals surface area contributed by atoms with Crippen LogP contribution in [0.15, 0.2) is 88.7 Å². The monoisotopic (exact) mass is 444 g/mol. The van der Waals surface area contributed by atoms with Gasteiger partial charge in [0.05, 0.1) is 15.5 Å². The van der Waals surface area contributed by atoms with E-state index in [4.69, 9.17) is 9.47 Å². The Kier molecular flexibility index (Phi) is 5.53. The van der Waals surface area contributed by atoms with Gasteiger partial charge in [0.1, 0.15) is 30.0 Å². The molecule has 0 fully saturated rings. The van der Waals surface area contributed by atoms with Crippen molar-refractivity contribution in [1.82, 2.24) is 0 Å². The van der Waals surface area contributed by atoms with Gasteiger partial charge in [-0.3, -0.25) is 0 Å². The number of benzene rings is 3. The normalized spacial score (nSPS) is 17.3. The number of hydrogen-bond acceptors (Lipinski definition) is 6. The number of sulfone groups is 2. The summed E-state index contributed by atoms with van der Waals surface area (Å²) in [5.74, 6) is 0.645. The highest BCUT2D eigenvalue weighted by molar-refractivity contribution is 7.96. The maximum Gasteiger partial charge on any atom is 0.186 e. The van der Waals surface area contributed by atoms with Gasteiger partial charge in [-0.25, -0.2) is 16.8 Å². The second-order valence-electron chi connectivity index (χ2n) is 6.84. The molecule has 30 heavy (non-hydrogen) atoms. The number of hydrogen-bond donors (Lipinski definition) is 0. The van der Waals surface area contributed by atoms with Crippen LogP contribution in [0, 0.1) is 0 Å². The van der Waals surface area contributed by atoms with Crippen molar-refractivity contribution in [2.75, 3.05) is 19.0 Å². The average molecular weight is 445 g/mol. The largest absolute Gasteiger partial charge is 0.490 e. The van der Waals surface area contributed by atoms with Crippen molar-refractivity contribution >= 4 is 19.7 Å². The molecule has 4 rings (SSSR count). The molecule has 0 spiro atoms. The van der Waals surface area contributed by atoms with Crippen molar-refractivity contribution in [2.45, 2.75) is 15.0 Å². The summed E-state index contributed by atoms with van der Waals surface area (Å²) in [4.78, 5) is 0.139. The summed E-state index contributed by atoms with van der Waals surface area (Å²) >= 11 is 0. The van der Waals surface area contributed by atoms with E-state index < -0.39 is 30.7 Å². The van der Waals surface area contributed by atoms with E-state index >= 15 is 0 Å². The van der Waals surface area contributed by atoms with Crippen LogP contribution in [0.25, 0.3) is 0 Å². The number of fused-ring (bicyclic) bond motifs is 1. The number of para-hydroxylation sites is 1. The molecule has 1 unspecified atom stereocenters. The van der Waals surface area contributed by atoms with Crippen LogP contribution >= 0.6 is 0 Å². The topological polar surface area (TPSA) is 86.7 Å². The van der Waals surface area contributed by atoms with Crippen LogP contribution in [0.2, 0.25) is 0 Å². The Morgan fingerprint density at radius 1 is 0.800 bits per heavy atom. The van der Waals surface area contributed by atoms with Crippen molar-refractivity contribution < 1.29 is 26.3 Å². The Hall–Kier alpha value is -2.84. The minimum Gasteiger partial charge on any atom is -0.490 e. The zero-order valence-corrected chi connectivity index (χ0v) is 17.6. The lowest BCUT2D eigenvalue weighted by Gasteiger charge is -2.13. The minimum atomic E-state index is -3.86. The quantitative estimate of drug-likeness (QED) is 0.519. The lowest BCUT2D eigenvalue weighted by molar-refractivity contribution is 0.217. The molecule has 1 aliphatic heterocycles. The van der Waals surface area contributed by atoms with Crippen LogP contribution in [0.5, 0.6) is 11.5 Å². The molecular formula is C22H20O6S2. The molecule has 0 bridgehead atoms. The summed E-state index contributed by atoms with van der Waals surface area (Å²) in [5, 5.41) is -1.16. The Morgan fingerprint density at radius 3 is 2.07 bits per heavy atom. The van der Waals surface area contributed by atoms with Crippen molar-refractivity contribution in [1.29, 1.82) is 0 Å². The molecule has 6 nitrogen and oxygen atoms in total. The van der Waals surface area contributed by atoms with Gasteiger partial charge >= 0.3 is 0 Å². The highest BCUT2D eigenvalue weighted by Gasteiger charge is 2.43. The fraction of sp³-hybridized carbons (Fsp3) is 0.182. The van der Waals surface area contributed by atoms with Gasteiger partial charge in [0.2, 0.25) is 0 Å². The maximum absolute atomic E-state index is 13.1. The smallest absolute Gasteiger partial charge is 0.186 e.